The van der Waals surface area contributed by atoms with Crippen LogP contribution in [-0.2, 0) is 13.2 Å². The molecule has 0 spiro atoms. The molecule has 4 aromatic heterocycles. The van der Waals surface area contributed by atoms with E-state index in [-0.39, 0.29) is 11.1 Å². The molecule has 1 N–H and O–H groups in total. The summed E-state index contributed by atoms with van der Waals surface area (Å²) in [6.07, 6.45) is -2.23. The lowest BCUT2D eigenvalue weighted by Crippen LogP contribution is -2.12. The van der Waals surface area contributed by atoms with E-state index < -0.39 is 11.7 Å². The van der Waals surface area contributed by atoms with Gasteiger partial charge in [0.05, 0.1) is 11.1 Å². The largest absolute Gasteiger partial charge is 0.417 e. The second-order valence-electron chi connectivity index (χ2n) is 5.75. The first kappa shape index (κ1) is 17.6. The van der Waals surface area contributed by atoms with Crippen molar-refractivity contribution >= 4 is 28.6 Å². The molecule has 0 unspecified atom stereocenters. The number of aryl methyl sites for hydroxylation is 1. The predicted octanol–water partition coefficient (Wildman–Crippen LogP) is 3.10. The van der Waals surface area contributed by atoms with Crippen LogP contribution in [0, 0.1) is 0 Å². The molecule has 0 bridgehead atoms. The first-order valence-electron chi connectivity index (χ1n) is 7.94. The number of rotatable bonds is 3. The monoisotopic (exact) mass is 394 g/mol. The SMILES string of the molecule is CCSc1nn2c(=O)cc[nH]c2c1-c1nc2cc(C(F)(F)F)cnc2n1C. The minimum atomic E-state index is -4.50. The third kappa shape index (κ3) is 2.78. The lowest BCUT2D eigenvalue weighted by atomic mass is 10.2. The van der Waals surface area contributed by atoms with Gasteiger partial charge in [0, 0.05) is 25.5 Å². The average molecular weight is 394 g/mol. The van der Waals surface area contributed by atoms with Crippen molar-refractivity contribution < 1.29 is 13.2 Å². The molecule has 140 valence electrons. The van der Waals surface area contributed by atoms with E-state index >= 15 is 0 Å². The van der Waals surface area contributed by atoms with Crippen LogP contribution in [0.25, 0.3) is 28.2 Å². The number of nitrogens with one attached hydrogen (secondary N) is 1. The van der Waals surface area contributed by atoms with Gasteiger partial charge in [0.15, 0.2) is 5.65 Å². The maximum absolute atomic E-state index is 13.0. The number of halogens is 3. The quantitative estimate of drug-likeness (QED) is 0.540. The minimum Gasteiger partial charge on any atom is -0.346 e. The second kappa shape index (κ2) is 6.12. The fourth-order valence-electron chi connectivity index (χ4n) is 2.85. The van der Waals surface area contributed by atoms with Crippen molar-refractivity contribution in [2.24, 2.45) is 7.05 Å². The Hall–Kier alpha value is -2.82. The lowest BCUT2D eigenvalue weighted by Gasteiger charge is -2.05. The molecule has 0 aromatic carbocycles. The number of alkyl halides is 3. The summed E-state index contributed by atoms with van der Waals surface area (Å²) in [4.78, 5) is 23.4. The molecule has 0 aliphatic rings. The molecule has 4 rings (SSSR count). The van der Waals surface area contributed by atoms with Crippen LogP contribution in [0.2, 0.25) is 0 Å². The van der Waals surface area contributed by atoms with Gasteiger partial charge in [-0.25, -0.2) is 9.97 Å². The van der Waals surface area contributed by atoms with Crippen LogP contribution in [0.4, 0.5) is 13.2 Å². The highest BCUT2D eigenvalue weighted by molar-refractivity contribution is 7.99. The molecule has 7 nitrogen and oxygen atoms in total. The van der Waals surface area contributed by atoms with E-state index in [0.717, 1.165) is 12.3 Å². The molecule has 27 heavy (non-hydrogen) atoms. The Kier molecular flexibility index (Phi) is 3.98. The molecule has 0 amide bonds. The van der Waals surface area contributed by atoms with Crippen LogP contribution >= 0.6 is 11.8 Å². The van der Waals surface area contributed by atoms with Crippen molar-refractivity contribution in [1.29, 1.82) is 0 Å². The number of imidazole rings is 1. The number of hydrogen-bond donors (Lipinski definition) is 1. The normalized spacial score (nSPS) is 12.3. The molecule has 0 aliphatic heterocycles. The summed E-state index contributed by atoms with van der Waals surface area (Å²) in [5, 5.41) is 4.89. The minimum absolute atomic E-state index is 0.118. The number of nitrogens with zero attached hydrogens (tertiary/aromatic N) is 5. The Morgan fingerprint density at radius 3 is 2.81 bits per heavy atom. The molecule has 4 aromatic rings. The highest BCUT2D eigenvalue weighted by Gasteiger charge is 2.32. The number of thioether (sulfide) groups is 1. The van der Waals surface area contributed by atoms with E-state index in [4.69, 9.17) is 0 Å². The van der Waals surface area contributed by atoms with E-state index in [0.29, 0.717) is 33.5 Å². The maximum atomic E-state index is 13.0. The highest BCUT2D eigenvalue weighted by Crippen LogP contribution is 2.35. The van der Waals surface area contributed by atoms with Gasteiger partial charge in [0.1, 0.15) is 22.0 Å². The summed E-state index contributed by atoms with van der Waals surface area (Å²) in [7, 11) is 1.66. The molecule has 0 fully saturated rings. The van der Waals surface area contributed by atoms with E-state index in [9.17, 15) is 18.0 Å². The topological polar surface area (TPSA) is 80.9 Å². The number of H-pyrrole nitrogens is 1. The summed E-state index contributed by atoms with van der Waals surface area (Å²) in [5.74, 6) is 1.08. The van der Waals surface area contributed by atoms with Crippen LogP contribution in [0.1, 0.15) is 12.5 Å². The number of aromatic amines is 1. The number of aromatic nitrogens is 6. The smallest absolute Gasteiger partial charge is 0.346 e. The fraction of sp³-hybridized carbons (Fsp3) is 0.250. The standard InChI is InChI=1S/C16H13F3N6OS/c1-3-27-15-11(13-20-5-4-10(26)25(13)23-15)14-22-9-6-8(16(17,18)19)7-21-12(9)24(14)2/h4-7,20H,3H2,1-2H3. The fourth-order valence-corrected chi connectivity index (χ4v) is 3.59. The van der Waals surface area contributed by atoms with Crippen molar-refractivity contribution in [2.45, 2.75) is 18.1 Å². The summed E-state index contributed by atoms with van der Waals surface area (Å²) < 4.78 is 41.8. The molecule has 0 radical (unpaired) electrons. The van der Waals surface area contributed by atoms with Crippen LogP contribution in [0.5, 0.6) is 0 Å². The molecular weight excluding hydrogens is 381 g/mol. The lowest BCUT2D eigenvalue weighted by molar-refractivity contribution is -0.137. The zero-order valence-corrected chi connectivity index (χ0v) is 15.0. The third-order valence-electron chi connectivity index (χ3n) is 4.05. The van der Waals surface area contributed by atoms with Gasteiger partial charge >= 0.3 is 6.18 Å². The Balaban J connectivity index is 2.02. The molecule has 0 saturated heterocycles. The Labute approximate surface area is 154 Å². The molecule has 0 atom stereocenters. The highest BCUT2D eigenvalue weighted by atomic mass is 32.2. The number of hydrogen-bond acceptors (Lipinski definition) is 5. The number of fused-ring (bicyclic) bond motifs is 2. The summed E-state index contributed by atoms with van der Waals surface area (Å²) >= 11 is 1.41. The molecule has 0 saturated carbocycles. The van der Waals surface area contributed by atoms with Crippen LogP contribution in [-0.4, -0.2) is 34.9 Å². The van der Waals surface area contributed by atoms with E-state index in [1.54, 1.807) is 11.6 Å². The predicted molar refractivity (Wildman–Crippen MR) is 94.7 cm³/mol. The van der Waals surface area contributed by atoms with Crippen molar-refractivity contribution in [3.05, 3.63) is 40.4 Å². The first-order valence-corrected chi connectivity index (χ1v) is 8.93. The van der Waals surface area contributed by atoms with Gasteiger partial charge in [-0.15, -0.1) is 11.8 Å². The van der Waals surface area contributed by atoms with Gasteiger partial charge in [-0.05, 0) is 11.8 Å². The second-order valence-corrected chi connectivity index (χ2v) is 7.00. The number of pyridine rings is 1. The maximum Gasteiger partial charge on any atom is 0.417 e. The zero-order valence-electron chi connectivity index (χ0n) is 14.2. The van der Waals surface area contributed by atoms with Gasteiger partial charge in [-0.1, -0.05) is 6.92 Å². The van der Waals surface area contributed by atoms with Gasteiger partial charge in [-0.2, -0.15) is 22.8 Å². The van der Waals surface area contributed by atoms with Crippen LogP contribution in [0.15, 0.2) is 34.3 Å². The van der Waals surface area contributed by atoms with Crippen molar-refractivity contribution in [3.63, 3.8) is 0 Å². The Morgan fingerprint density at radius 1 is 1.33 bits per heavy atom. The van der Waals surface area contributed by atoms with Crippen molar-refractivity contribution in [2.75, 3.05) is 5.75 Å². The van der Waals surface area contributed by atoms with Gasteiger partial charge in [0.2, 0.25) is 0 Å². The average Bonchev–Trinajstić information content (AvgIpc) is 3.13. The molecule has 11 heteroatoms. The van der Waals surface area contributed by atoms with E-state index in [1.807, 2.05) is 6.92 Å². The Morgan fingerprint density at radius 2 is 2.11 bits per heavy atom. The van der Waals surface area contributed by atoms with Gasteiger partial charge < -0.3 is 9.55 Å². The summed E-state index contributed by atoms with van der Waals surface area (Å²) in [5.41, 5.74) is 0.220. The zero-order chi connectivity index (χ0) is 19.3. The summed E-state index contributed by atoms with van der Waals surface area (Å²) in [6, 6.07) is 2.31. The van der Waals surface area contributed by atoms with Crippen molar-refractivity contribution in [3.8, 4) is 11.4 Å². The van der Waals surface area contributed by atoms with Gasteiger partial charge in [0.25, 0.3) is 5.56 Å². The molecular formula is C16H13F3N6OS. The van der Waals surface area contributed by atoms with Crippen molar-refractivity contribution in [1.82, 2.24) is 29.1 Å². The van der Waals surface area contributed by atoms with E-state index in [2.05, 4.69) is 20.1 Å². The molecule has 4 heterocycles. The van der Waals surface area contributed by atoms with Gasteiger partial charge in [-0.3, -0.25) is 4.79 Å². The van der Waals surface area contributed by atoms with Crippen LogP contribution < -0.4 is 5.56 Å². The first-order chi connectivity index (χ1) is 12.8. The third-order valence-corrected chi connectivity index (χ3v) is 4.90. The summed E-state index contributed by atoms with van der Waals surface area (Å²) in [6.45, 7) is 1.94. The van der Waals surface area contributed by atoms with Crippen LogP contribution in [0.3, 0.4) is 0 Å². The Bertz CT molecular complexity index is 1220. The van der Waals surface area contributed by atoms with E-state index in [1.165, 1.54) is 28.5 Å². The molecule has 0 aliphatic carbocycles.